The SMILES string of the molecule is O=[N+]([O-])c1cc(-n2cnnn2)c(Cl)cc1Br. The number of benzene rings is 1. The highest BCUT2D eigenvalue weighted by Crippen LogP contribution is 2.32. The summed E-state index contributed by atoms with van der Waals surface area (Å²) in [7, 11) is 0. The molecule has 9 heteroatoms. The first-order valence-corrected chi connectivity index (χ1v) is 5.13. The Morgan fingerprint density at radius 1 is 1.50 bits per heavy atom. The number of rotatable bonds is 2. The van der Waals surface area contributed by atoms with Crippen molar-refractivity contribution in [1.82, 2.24) is 20.2 Å². The van der Waals surface area contributed by atoms with E-state index in [-0.39, 0.29) is 5.69 Å². The van der Waals surface area contributed by atoms with E-state index in [1.54, 1.807) is 0 Å². The number of nitrogens with zero attached hydrogens (tertiary/aromatic N) is 5. The molecular formula is C7H3BrClN5O2. The quantitative estimate of drug-likeness (QED) is 0.625. The van der Waals surface area contributed by atoms with Gasteiger partial charge in [-0.15, -0.1) is 5.10 Å². The molecule has 0 amide bonds. The Morgan fingerprint density at radius 3 is 2.81 bits per heavy atom. The van der Waals surface area contributed by atoms with Crippen LogP contribution in [0.4, 0.5) is 5.69 Å². The van der Waals surface area contributed by atoms with Gasteiger partial charge in [-0.1, -0.05) is 11.6 Å². The molecule has 1 aromatic carbocycles. The molecule has 0 radical (unpaired) electrons. The van der Waals surface area contributed by atoms with Gasteiger partial charge in [-0.25, -0.2) is 0 Å². The van der Waals surface area contributed by atoms with Crippen molar-refractivity contribution in [2.75, 3.05) is 0 Å². The number of tetrazole rings is 1. The minimum absolute atomic E-state index is 0.102. The summed E-state index contributed by atoms with van der Waals surface area (Å²) >= 11 is 8.99. The van der Waals surface area contributed by atoms with E-state index in [1.165, 1.54) is 23.1 Å². The first-order chi connectivity index (χ1) is 7.59. The minimum Gasteiger partial charge on any atom is -0.258 e. The van der Waals surface area contributed by atoms with Crippen molar-refractivity contribution in [3.63, 3.8) is 0 Å². The maximum absolute atomic E-state index is 10.7. The smallest absolute Gasteiger partial charge is 0.258 e. The number of nitro benzene ring substituents is 1. The van der Waals surface area contributed by atoms with E-state index in [9.17, 15) is 10.1 Å². The Morgan fingerprint density at radius 2 is 2.25 bits per heavy atom. The summed E-state index contributed by atoms with van der Waals surface area (Å²) in [5.41, 5.74) is 0.247. The van der Waals surface area contributed by atoms with Crippen LogP contribution in [0, 0.1) is 10.1 Å². The van der Waals surface area contributed by atoms with Gasteiger partial charge in [0, 0.05) is 6.07 Å². The standard InChI is InChI=1S/C7H3BrClN5O2/c8-4-1-5(9)7(2-6(4)14(15)16)13-3-10-11-12-13/h1-3H. The molecule has 1 aromatic heterocycles. The zero-order chi connectivity index (χ0) is 11.7. The summed E-state index contributed by atoms with van der Waals surface area (Å²) in [4.78, 5) is 10.2. The number of nitro groups is 1. The van der Waals surface area contributed by atoms with E-state index in [0.29, 0.717) is 15.2 Å². The Kier molecular flexibility index (Phi) is 2.84. The average molecular weight is 304 g/mol. The fraction of sp³-hybridized carbons (Fsp3) is 0. The normalized spacial score (nSPS) is 10.4. The zero-order valence-electron chi connectivity index (χ0n) is 7.54. The second kappa shape index (κ2) is 4.14. The first kappa shape index (κ1) is 11.0. The molecule has 0 saturated carbocycles. The van der Waals surface area contributed by atoms with Crippen molar-refractivity contribution >= 4 is 33.2 Å². The van der Waals surface area contributed by atoms with E-state index in [1.807, 2.05) is 0 Å². The molecule has 0 spiro atoms. The number of halogens is 2. The predicted molar refractivity (Wildman–Crippen MR) is 58.5 cm³/mol. The van der Waals surface area contributed by atoms with Gasteiger partial charge >= 0.3 is 0 Å². The third kappa shape index (κ3) is 1.89. The zero-order valence-corrected chi connectivity index (χ0v) is 9.88. The summed E-state index contributed by atoms with van der Waals surface area (Å²) in [6, 6.07) is 2.72. The first-order valence-electron chi connectivity index (χ1n) is 3.96. The summed E-state index contributed by atoms with van der Waals surface area (Å²) in [5.74, 6) is 0. The summed E-state index contributed by atoms with van der Waals surface area (Å²) in [6.45, 7) is 0. The fourth-order valence-corrected chi connectivity index (χ4v) is 1.98. The minimum atomic E-state index is -0.520. The lowest BCUT2D eigenvalue weighted by molar-refractivity contribution is -0.385. The van der Waals surface area contributed by atoms with Crippen LogP contribution in [0.15, 0.2) is 22.9 Å². The lowest BCUT2D eigenvalue weighted by atomic mass is 10.3. The summed E-state index contributed by atoms with van der Waals surface area (Å²) in [6.07, 6.45) is 1.30. The van der Waals surface area contributed by atoms with E-state index in [0.717, 1.165) is 0 Å². The van der Waals surface area contributed by atoms with Crippen molar-refractivity contribution in [1.29, 1.82) is 0 Å². The van der Waals surface area contributed by atoms with Crippen LogP contribution in [0.1, 0.15) is 0 Å². The molecule has 0 atom stereocenters. The number of hydrogen-bond acceptors (Lipinski definition) is 5. The van der Waals surface area contributed by atoms with Crippen LogP contribution in [0.25, 0.3) is 5.69 Å². The Balaban J connectivity index is 2.63. The van der Waals surface area contributed by atoms with Crippen molar-refractivity contribution in [3.8, 4) is 5.69 Å². The van der Waals surface area contributed by atoms with Gasteiger partial charge in [-0.05, 0) is 32.4 Å². The maximum atomic E-state index is 10.7. The molecular weight excluding hydrogens is 301 g/mol. The van der Waals surface area contributed by atoms with Gasteiger partial charge in [0.1, 0.15) is 6.33 Å². The molecule has 0 bridgehead atoms. The maximum Gasteiger partial charge on any atom is 0.285 e. The third-order valence-electron chi connectivity index (χ3n) is 1.81. The number of aromatic nitrogens is 4. The van der Waals surface area contributed by atoms with Gasteiger partial charge in [0.2, 0.25) is 0 Å². The molecule has 7 nitrogen and oxygen atoms in total. The molecule has 0 fully saturated rings. The van der Waals surface area contributed by atoms with E-state index < -0.39 is 4.92 Å². The van der Waals surface area contributed by atoms with Crippen LogP contribution in [0.2, 0.25) is 5.02 Å². The molecule has 0 aliphatic heterocycles. The molecule has 2 rings (SSSR count). The lowest BCUT2D eigenvalue weighted by Crippen LogP contribution is -1.99. The van der Waals surface area contributed by atoms with Gasteiger partial charge in [0.05, 0.1) is 20.1 Å². The predicted octanol–water partition coefficient (Wildman–Crippen LogP) is 1.99. The molecule has 0 aliphatic rings. The average Bonchev–Trinajstić information content (AvgIpc) is 2.70. The van der Waals surface area contributed by atoms with E-state index >= 15 is 0 Å². The van der Waals surface area contributed by atoms with Crippen LogP contribution in [0.5, 0.6) is 0 Å². The molecule has 0 unspecified atom stereocenters. The largest absolute Gasteiger partial charge is 0.285 e. The molecule has 1 heterocycles. The highest BCUT2D eigenvalue weighted by Gasteiger charge is 2.17. The van der Waals surface area contributed by atoms with Gasteiger partial charge < -0.3 is 0 Å². The van der Waals surface area contributed by atoms with Gasteiger partial charge in [-0.3, -0.25) is 10.1 Å². The lowest BCUT2D eigenvalue weighted by Gasteiger charge is -2.03. The van der Waals surface area contributed by atoms with Crippen molar-refractivity contribution in [2.45, 2.75) is 0 Å². The molecule has 0 saturated heterocycles. The number of hydrogen-bond donors (Lipinski definition) is 0. The van der Waals surface area contributed by atoms with Crippen molar-refractivity contribution in [2.24, 2.45) is 0 Å². The molecule has 2 aromatic rings. The second-order valence-corrected chi connectivity index (χ2v) is 4.03. The molecule has 82 valence electrons. The van der Waals surface area contributed by atoms with Crippen molar-refractivity contribution < 1.29 is 4.92 Å². The van der Waals surface area contributed by atoms with Gasteiger partial charge in [0.25, 0.3) is 5.69 Å². The topological polar surface area (TPSA) is 86.7 Å². The van der Waals surface area contributed by atoms with Gasteiger partial charge in [0.15, 0.2) is 0 Å². The monoisotopic (exact) mass is 303 g/mol. The van der Waals surface area contributed by atoms with Crippen LogP contribution < -0.4 is 0 Å². The van der Waals surface area contributed by atoms with Crippen molar-refractivity contribution in [3.05, 3.63) is 38.1 Å². The van der Waals surface area contributed by atoms with E-state index in [2.05, 4.69) is 31.5 Å². The third-order valence-corrected chi connectivity index (χ3v) is 2.75. The fourth-order valence-electron chi connectivity index (χ4n) is 1.11. The highest BCUT2D eigenvalue weighted by atomic mass is 79.9. The van der Waals surface area contributed by atoms with Crippen LogP contribution >= 0.6 is 27.5 Å². The van der Waals surface area contributed by atoms with Crippen LogP contribution in [-0.2, 0) is 0 Å². The Labute approximate surface area is 102 Å². The summed E-state index contributed by atoms with van der Waals surface area (Å²) in [5, 5.41) is 21.5. The highest BCUT2D eigenvalue weighted by molar-refractivity contribution is 9.10. The molecule has 16 heavy (non-hydrogen) atoms. The van der Waals surface area contributed by atoms with Gasteiger partial charge in [-0.2, -0.15) is 4.68 Å². The molecule has 0 aliphatic carbocycles. The van der Waals surface area contributed by atoms with Crippen LogP contribution in [0.3, 0.4) is 0 Å². The second-order valence-electron chi connectivity index (χ2n) is 2.77. The molecule has 0 N–H and O–H groups in total. The summed E-state index contributed by atoms with van der Waals surface area (Å²) < 4.78 is 1.56. The Bertz CT molecular complexity index is 544. The Hall–Kier alpha value is -1.54. The van der Waals surface area contributed by atoms with Crippen LogP contribution in [-0.4, -0.2) is 25.1 Å². The van der Waals surface area contributed by atoms with E-state index in [4.69, 9.17) is 11.6 Å².